The predicted molar refractivity (Wildman–Crippen MR) is 122 cm³/mol. The number of amides is 1. The Bertz CT molecular complexity index is 1390. The zero-order chi connectivity index (χ0) is 24.5. The molecule has 0 bridgehead atoms. The van der Waals surface area contributed by atoms with Crippen molar-refractivity contribution in [3.8, 4) is 16.9 Å². The summed E-state index contributed by atoms with van der Waals surface area (Å²) in [4.78, 5) is 20.4. The van der Waals surface area contributed by atoms with E-state index in [4.69, 9.17) is 10.2 Å². The van der Waals surface area contributed by atoms with Gasteiger partial charge >= 0.3 is 0 Å². The van der Waals surface area contributed by atoms with Gasteiger partial charge in [-0.2, -0.15) is 9.49 Å². The molecule has 4 aromatic rings. The van der Waals surface area contributed by atoms with Crippen LogP contribution in [0.5, 0.6) is 5.75 Å². The number of hydrogen-bond donors (Lipinski definition) is 2. The number of aromatic nitrogens is 4. The van der Waals surface area contributed by atoms with Crippen molar-refractivity contribution >= 4 is 16.8 Å². The van der Waals surface area contributed by atoms with Crippen molar-refractivity contribution in [3.63, 3.8) is 0 Å². The molecule has 7 nitrogen and oxygen atoms in total. The average Bonchev–Trinajstić information content (AvgIpc) is 3.32. The summed E-state index contributed by atoms with van der Waals surface area (Å²) < 4.78 is 43.0. The van der Waals surface area contributed by atoms with Gasteiger partial charge < -0.3 is 10.4 Å². The van der Waals surface area contributed by atoms with Crippen molar-refractivity contribution in [2.45, 2.75) is 31.7 Å². The molecular formula is C25H22F3N5O2. The summed E-state index contributed by atoms with van der Waals surface area (Å²) in [6, 6.07) is 6.77. The summed E-state index contributed by atoms with van der Waals surface area (Å²) in [7, 11) is 0. The van der Waals surface area contributed by atoms with E-state index in [-0.39, 0.29) is 18.5 Å². The van der Waals surface area contributed by atoms with Gasteiger partial charge in [-0.15, -0.1) is 0 Å². The Labute approximate surface area is 198 Å². The second-order valence-electron chi connectivity index (χ2n) is 8.78. The predicted octanol–water partition coefficient (Wildman–Crippen LogP) is 4.78. The smallest absolute Gasteiger partial charge is 0.254 e. The molecule has 2 aromatic carbocycles. The first kappa shape index (κ1) is 22.8. The van der Waals surface area contributed by atoms with Crippen molar-refractivity contribution in [1.82, 2.24) is 25.1 Å². The van der Waals surface area contributed by atoms with Crippen LogP contribution in [0.25, 0.3) is 22.0 Å². The first-order valence-corrected chi connectivity index (χ1v) is 11.3. The summed E-state index contributed by atoms with van der Waals surface area (Å²) in [5.41, 5.74) is 2.03. The Hall–Kier alpha value is -3.95. The maximum absolute atomic E-state index is 13.9. The van der Waals surface area contributed by atoms with E-state index < -0.39 is 34.7 Å². The van der Waals surface area contributed by atoms with E-state index in [9.17, 15) is 18.0 Å². The minimum absolute atomic E-state index is 0.153. The minimum atomic E-state index is -1.77. The van der Waals surface area contributed by atoms with Crippen LogP contribution in [-0.2, 0) is 0 Å². The summed E-state index contributed by atoms with van der Waals surface area (Å²) >= 11 is 0. The van der Waals surface area contributed by atoms with Crippen LogP contribution in [0.2, 0.25) is 0 Å². The van der Waals surface area contributed by atoms with Crippen LogP contribution >= 0.6 is 0 Å². The molecule has 1 aliphatic carbocycles. The van der Waals surface area contributed by atoms with E-state index in [1.807, 2.05) is 29.1 Å². The number of aromatic hydroxyl groups is 1. The summed E-state index contributed by atoms with van der Waals surface area (Å²) in [5.74, 6) is -6.93. The van der Waals surface area contributed by atoms with Gasteiger partial charge in [0.05, 0.1) is 17.1 Å². The van der Waals surface area contributed by atoms with Crippen LogP contribution in [-0.4, -0.2) is 37.3 Å². The van der Waals surface area contributed by atoms with Crippen molar-refractivity contribution < 1.29 is 23.1 Å². The standard InChI is InChI=1S/C25H22F3N5O2/c26-20-8-19(22(27)23(28)24(20)34)25(35)31-9-14-1-5-18(6-2-14)33-12-16-4-3-15(7-21(16)32-33)17-10-29-13-30-11-17/h3-4,7-8,10-14,18,34H,1-2,5-6,9H2,(H,31,35)/t14-,18-. The van der Waals surface area contributed by atoms with E-state index in [0.29, 0.717) is 6.07 Å². The van der Waals surface area contributed by atoms with Gasteiger partial charge in [0.1, 0.15) is 6.33 Å². The molecule has 180 valence electrons. The lowest BCUT2D eigenvalue weighted by Crippen LogP contribution is -2.32. The van der Waals surface area contributed by atoms with E-state index in [1.54, 1.807) is 12.4 Å². The number of carbonyl (C=O) groups is 1. The molecule has 0 atom stereocenters. The van der Waals surface area contributed by atoms with Gasteiger partial charge in [0.25, 0.3) is 5.91 Å². The highest BCUT2D eigenvalue weighted by molar-refractivity contribution is 5.94. The molecule has 1 fully saturated rings. The maximum atomic E-state index is 13.9. The number of carbonyl (C=O) groups excluding carboxylic acids is 1. The third kappa shape index (κ3) is 4.55. The topological polar surface area (TPSA) is 92.9 Å². The molecule has 5 rings (SSSR count). The molecule has 0 saturated heterocycles. The van der Waals surface area contributed by atoms with Gasteiger partial charge in [-0.3, -0.25) is 9.48 Å². The third-order valence-electron chi connectivity index (χ3n) is 6.54. The second kappa shape index (κ2) is 9.36. The van der Waals surface area contributed by atoms with Crippen LogP contribution in [0, 0.1) is 23.4 Å². The lowest BCUT2D eigenvalue weighted by atomic mass is 9.86. The number of phenolic OH excluding ortho intramolecular Hbond substituents is 1. The third-order valence-corrected chi connectivity index (χ3v) is 6.54. The number of phenols is 1. The highest BCUT2D eigenvalue weighted by Gasteiger charge is 2.26. The molecule has 0 spiro atoms. The van der Waals surface area contributed by atoms with Crippen molar-refractivity contribution in [3.05, 3.63) is 72.2 Å². The Morgan fingerprint density at radius 2 is 1.77 bits per heavy atom. The van der Waals surface area contributed by atoms with Gasteiger partial charge in [0.15, 0.2) is 17.4 Å². The van der Waals surface area contributed by atoms with Crippen molar-refractivity contribution in [2.75, 3.05) is 6.54 Å². The van der Waals surface area contributed by atoms with E-state index in [2.05, 4.69) is 15.3 Å². The molecule has 2 aromatic heterocycles. The van der Waals surface area contributed by atoms with Crippen LogP contribution < -0.4 is 5.32 Å². The molecule has 1 saturated carbocycles. The number of benzene rings is 2. The molecule has 0 unspecified atom stereocenters. The molecule has 0 radical (unpaired) electrons. The first-order chi connectivity index (χ1) is 16.9. The fourth-order valence-corrected chi connectivity index (χ4v) is 4.55. The molecule has 2 heterocycles. The average molecular weight is 481 g/mol. The zero-order valence-electron chi connectivity index (χ0n) is 18.6. The minimum Gasteiger partial charge on any atom is -0.503 e. The van der Waals surface area contributed by atoms with Gasteiger partial charge in [-0.05, 0) is 49.3 Å². The van der Waals surface area contributed by atoms with Crippen molar-refractivity contribution in [1.29, 1.82) is 0 Å². The Morgan fingerprint density at radius 3 is 2.51 bits per heavy atom. The fourth-order valence-electron chi connectivity index (χ4n) is 4.55. The second-order valence-corrected chi connectivity index (χ2v) is 8.78. The summed E-state index contributed by atoms with van der Waals surface area (Å²) in [5, 5.41) is 17.5. The number of hydrogen-bond acceptors (Lipinski definition) is 5. The Morgan fingerprint density at radius 1 is 1.03 bits per heavy atom. The number of nitrogens with zero attached hydrogens (tertiary/aromatic N) is 4. The molecule has 35 heavy (non-hydrogen) atoms. The molecular weight excluding hydrogens is 459 g/mol. The van der Waals surface area contributed by atoms with Crippen LogP contribution in [0.15, 0.2) is 49.2 Å². The molecule has 10 heteroatoms. The molecule has 2 N–H and O–H groups in total. The molecule has 0 aliphatic heterocycles. The zero-order valence-corrected chi connectivity index (χ0v) is 18.6. The SMILES string of the molecule is O=C(NC[C@H]1CC[C@H](n2cc3ccc(-c4cncnc4)cc3n2)CC1)c1cc(F)c(O)c(F)c1F. The summed E-state index contributed by atoms with van der Waals surface area (Å²) in [6.45, 7) is 0.263. The van der Waals surface area contributed by atoms with Crippen LogP contribution in [0.3, 0.4) is 0 Å². The highest BCUT2D eigenvalue weighted by Crippen LogP contribution is 2.33. The highest BCUT2D eigenvalue weighted by atomic mass is 19.2. The van der Waals surface area contributed by atoms with Crippen LogP contribution in [0.4, 0.5) is 13.2 Å². The van der Waals surface area contributed by atoms with Gasteiger partial charge in [-0.25, -0.2) is 18.7 Å². The van der Waals surface area contributed by atoms with Gasteiger partial charge in [0.2, 0.25) is 5.82 Å². The number of rotatable bonds is 5. The monoisotopic (exact) mass is 481 g/mol. The Balaban J connectivity index is 1.19. The van der Waals surface area contributed by atoms with Crippen LogP contribution in [0.1, 0.15) is 42.1 Å². The molecule has 1 amide bonds. The Kier molecular flexibility index (Phi) is 6.10. The van der Waals surface area contributed by atoms with E-state index >= 15 is 0 Å². The lowest BCUT2D eigenvalue weighted by Gasteiger charge is -2.28. The van der Waals surface area contributed by atoms with Crippen molar-refractivity contribution in [2.24, 2.45) is 5.92 Å². The van der Waals surface area contributed by atoms with E-state index in [0.717, 1.165) is 47.7 Å². The van der Waals surface area contributed by atoms with Gasteiger partial charge in [0, 0.05) is 36.1 Å². The van der Waals surface area contributed by atoms with E-state index in [1.165, 1.54) is 6.33 Å². The summed E-state index contributed by atoms with van der Waals surface area (Å²) in [6.07, 6.45) is 10.4. The number of fused-ring (bicyclic) bond motifs is 1. The fraction of sp³-hybridized carbons (Fsp3) is 0.280. The number of nitrogens with one attached hydrogen (secondary N) is 1. The lowest BCUT2D eigenvalue weighted by molar-refractivity contribution is 0.0935. The normalized spacial score (nSPS) is 18.0. The quantitative estimate of drug-likeness (QED) is 0.401. The first-order valence-electron chi connectivity index (χ1n) is 11.3. The number of halogens is 3. The maximum Gasteiger partial charge on any atom is 0.254 e. The molecule has 1 aliphatic rings. The largest absolute Gasteiger partial charge is 0.503 e. The van der Waals surface area contributed by atoms with Gasteiger partial charge in [-0.1, -0.05) is 12.1 Å².